The maximum absolute atomic E-state index is 12.0. The molecule has 1 aliphatic rings. The molecule has 1 unspecified atom stereocenters. The fourth-order valence-electron chi connectivity index (χ4n) is 2.21. The van der Waals surface area contributed by atoms with Gasteiger partial charge in [0, 0.05) is 18.2 Å². The number of rotatable bonds is 5. The number of carbonyl (C=O) groups is 2. The van der Waals surface area contributed by atoms with Gasteiger partial charge in [-0.3, -0.25) is 4.79 Å². The molecule has 0 spiro atoms. The number of anilines is 1. The Labute approximate surface area is 118 Å². The predicted molar refractivity (Wildman–Crippen MR) is 76.5 cm³/mol. The lowest BCUT2D eigenvalue weighted by atomic mass is 10.1. The van der Waals surface area contributed by atoms with Crippen molar-refractivity contribution in [2.75, 3.05) is 12.4 Å². The number of methoxy groups -OCH3 is 1. The zero-order valence-corrected chi connectivity index (χ0v) is 11.8. The first kappa shape index (κ1) is 14.5. The number of esters is 1. The molecule has 1 aromatic carbocycles. The summed E-state index contributed by atoms with van der Waals surface area (Å²) in [6.07, 6.45) is 2.54. The van der Waals surface area contributed by atoms with E-state index in [1.54, 1.807) is 25.1 Å². The van der Waals surface area contributed by atoms with Crippen LogP contribution < -0.4 is 11.1 Å². The summed E-state index contributed by atoms with van der Waals surface area (Å²) in [5.74, 6) is -0.0361. The average Bonchev–Trinajstić information content (AvgIpc) is 3.24. The van der Waals surface area contributed by atoms with Gasteiger partial charge in [0.2, 0.25) is 5.91 Å². The lowest BCUT2D eigenvalue weighted by molar-refractivity contribution is -0.116. The largest absolute Gasteiger partial charge is 0.465 e. The fraction of sp³-hybridized carbons (Fsp3) is 0.467. The van der Waals surface area contributed by atoms with E-state index in [-0.39, 0.29) is 11.9 Å². The Hall–Kier alpha value is -1.88. The Kier molecular flexibility index (Phi) is 4.39. The highest BCUT2D eigenvalue weighted by atomic mass is 16.5. The molecule has 1 atom stereocenters. The molecule has 3 N–H and O–H groups in total. The van der Waals surface area contributed by atoms with Crippen molar-refractivity contribution in [3.8, 4) is 0 Å². The van der Waals surface area contributed by atoms with E-state index in [0.29, 0.717) is 29.2 Å². The number of benzene rings is 1. The van der Waals surface area contributed by atoms with E-state index in [2.05, 4.69) is 5.32 Å². The molecule has 1 amide bonds. The van der Waals surface area contributed by atoms with Crippen molar-refractivity contribution in [2.45, 2.75) is 32.2 Å². The summed E-state index contributed by atoms with van der Waals surface area (Å²) >= 11 is 0. The van der Waals surface area contributed by atoms with Crippen molar-refractivity contribution in [1.29, 1.82) is 0 Å². The van der Waals surface area contributed by atoms with Crippen molar-refractivity contribution < 1.29 is 14.3 Å². The smallest absolute Gasteiger partial charge is 0.338 e. The Morgan fingerprint density at radius 2 is 2.15 bits per heavy atom. The SMILES string of the molecule is COC(=O)c1cccc(NC(=O)CC(N)C2CC2)c1C. The second kappa shape index (κ2) is 6.05. The van der Waals surface area contributed by atoms with Gasteiger partial charge in [-0.25, -0.2) is 4.79 Å². The molecule has 20 heavy (non-hydrogen) atoms. The molecule has 0 radical (unpaired) electrons. The van der Waals surface area contributed by atoms with Gasteiger partial charge in [-0.2, -0.15) is 0 Å². The topological polar surface area (TPSA) is 81.4 Å². The highest BCUT2D eigenvalue weighted by Crippen LogP contribution is 2.33. The van der Waals surface area contributed by atoms with Crippen molar-refractivity contribution in [3.05, 3.63) is 29.3 Å². The van der Waals surface area contributed by atoms with E-state index in [0.717, 1.165) is 12.8 Å². The second-order valence-electron chi connectivity index (χ2n) is 5.22. The van der Waals surface area contributed by atoms with Crippen LogP contribution in [0.1, 0.15) is 35.2 Å². The zero-order chi connectivity index (χ0) is 14.7. The quantitative estimate of drug-likeness (QED) is 0.804. The molecule has 0 aromatic heterocycles. The lowest BCUT2D eigenvalue weighted by Crippen LogP contribution is -2.29. The van der Waals surface area contributed by atoms with Crippen LogP contribution in [0, 0.1) is 12.8 Å². The van der Waals surface area contributed by atoms with Crippen molar-refractivity contribution in [1.82, 2.24) is 0 Å². The molecule has 0 bridgehead atoms. The summed E-state index contributed by atoms with van der Waals surface area (Å²) in [7, 11) is 1.34. The van der Waals surface area contributed by atoms with E-state index in [4.69, 9.17) is 10.5 Å². The summed E-state index contributed by atoms with van der Waals surface area (Å²) in [6, 6.07) is 5.09. The molecule has 5 nitrogen and oxygen atoms in total. The minimum Gasteiger partial charge on any atom is -0.465 e. The number of hydrogen-bond acceptors (Lipinski definition) is 4. The van der Waals surface area contributed by atoms with E-state index in [1.165, 1.54) is 7.11 Å². The van der Waals surface area contributed by atoms with Gasteiger partial charge in [0.15, 0.2) is 0 Å². The number of hydrogen-bond donors (Lipinski definition) is 2. The Morgan fingerprint density at radius 3 is 2.75 bits per heavy atom. The molecular weight excluding hydrogens is 256 g/mol. The molecule has 0 heterocycles. The summed E-state index contributed by atoms with van der Waals surface area (Å²) < 4.78 is 4.71. The first-order valence-electron chi connectivity index (χ1n) is 6.76. The summed E-state index contributed by atoms with van der Waals surface area (Å²) in [4.78, 5) is 23.5. The number of nitrogens with two attached hydrogens (primary N) is 1. The molecular formula is C15H20N2O3. The van der Waals surface area contributed by atoms with E-state index in [1.807, 2.05) is 0 Å². The highest BCUT2D eigenvalue weighted by Gasteiger charge is 2.29. The lowest BCUT2D eigenvalue weighted by Gasteiger charge is -2.13. The predicted octanol–water partition coefficient (Wildman–Crippen LogP) is 1.85. The summed E-state index contributed by atoms with van der Waals surface area (Å²) in [5.41, 5.74) is 7.72. The Bertz CT molecular complexity index is 524. The van der Waals surface area contributed by atoms with E-state index < -0.39 is 5.97 Å². The molecule has 1 aromatic rings. The number of carbonyl (C=O) groups excluding carboxylic acids is 2. The third-order valence-electron chi connectivity index (χ3n) is 3.66. The second-order valence-corrected chi connectivity index (χ2v) is 5.22. The van der Waals surface area contributed by atoms with Crippen LogP contribution in [0.15, 0.2) is 18.2 Å². The fourth-order valence-corrected chi connectivity index (χ4v) is 2.21. The first-order chi connectivity index (χ1) is 9.52. The van der Waals surface area contributed by atoms with Crippen LogP contribution in [0.25, 0.3) is 0 Å². The summed E-state index contributed by atoms with van der Waals surface area (Å²) in [6.45, 7) is 1.78. The number of ether oxygens (including phenoxy) is 1. The van der Waals surface area contributed by atoms with E-state index >= 15 is 0 Å². The normalized spacial score (nSPS) is 15.6. The van der Waals surface area contributed by atoms with Gasteiger partial charge in [-0.05, 0) is 43.4 Å². The first-order valence-corrected chi connectivity index (χ1v) is 6.76. The van der Waals surface area contributed by atoms with Gasteiger partial charge in [-0.15, -0.1) is 0 Å². The molecule has 0 aliphatic heterocycles. The van der Waals surface area contributed by atoms with Gasteiger partial charge < -0.3 is 15.8 Å². The van der Waals surface area contributed by atoms with Crippen LogP contribution in [0.4, 0.5) is 5.69 Å². The van der Waals surface area contributed by atoms with Gasteiger partial charge in [0.05, 0.1) is 12.7 Å². The number of amides is 1. The van der Waals surface area contributed by atoms with Crippen LogP contribution >= 0.6 is 0 Å². The van der Waals surface area contributed by atoms with Crippen molar-refractivity contribution >= 4 is 17.6 Å². The molecule has 5 heteroatoms. The standard InChI is InChI=1S/C15H20N2O3/c1-9-11(15(19)20-2)4-3-5-13(9)17-14(18)8-12(16)10-6-7-10/h3-5,10,12H,6-8,16H2,1-2H3,(H,17,18). The Balaban J connectivity index is 2.05. The maximum Gasteiger partial charge on any atom is 0.338 e. The van der Waals surface area contributed by atoms with Gasteiger partial charge in [0.25, 0.3) is 0 Å². The molecule has 0 saturated heterocycles. The minimum absolute atomic E-state index is 0.0703. The maximum atomic E-state index is 12.0. The molecule has 1 fully saturated rings. The van der Waals surface area contributed by atoms with E-state index in [9.17, 15) is 9.59 Å². The van der Waals surface area contributed by atoms with Gasteiger partial charge >= 0.3 is 5.97 Å². The van der Waals surface area contributed by atoms with Gasteiger partial charge in [-0.1, -0.05) is 6.07 Å². The van der Waals surface area contributed by atoms with Crippen LogP contribution in [-0.4, -0.2) is 25.0 Å². The average molecular weight is 276 g/mol. The molecule has 2 rings (SSSR count). The monoisotopic (exact) mass is 276 g/mol. The van der Waals surface area contributed by atoms with Crippen LogP contribution in [0.2, 0.25) is 0 Å². The van der Waals surface area contributed by atoms with Crippen LogP contribution in [0.3, 0.4) is 0 Å². The van der Waals surface area contributed by atoms with Gasteiger partial charge in [0.1, 0.15) is 0 Å². The van der Waals surface area contributed by atoms with Crippen LogP contribution in [0.5, 0.6) is 0 Å². The third-order valence-corrected chi connectivity index (χ3v) is 3.66. The van der Waals surface area contributed by atoms with Crippen LogP contribution in [-0.2, 0) is 9.53 Å². The number of nitrogens with one attached hydrogen (secondary N) is 1. The Morgan fingerprint density at radius 1 is 1.45 bits per heavy atom. The summed E-state index contributed by atoms with van der Waals surface area (Å²) in [5, 5.41) is 2.82. The van der Waals surface area contributed by atoms with Crippen molar-refractivity contribution in [3.63, 3.8) is 0 Å². The molecule has 1 saturated carbocycles. The molecule has 1 aliphatic carbocycles. The molecule has 108 valence electrons. The minimum atomic E-state index is -0.409. The zero-order valence-electron chi connectivity index (χ0n) is 11.8. The van der Waals surface area contributed by atoms with Crippen molar-refractivity contribution in [2.24, 2.45) is 11.7 Å². The highest BCUT2D eigenvalue weighted by molar-refractivity contribution is 5.96. The third kappa shape index (κ3) is 3.36.